The smallest absolute Gasteiger partial charge is 0.243 e. The molecule has 3 aliphatic rings. The number of hydrogen-bond acceptors (Lipinski definition) is 3. The van der Waals surface area contributed by atoms with Gasteiger partial charge >= 0.3 is 0 Å². The summed E-state index contributed by atoms with van der Waals surface area (Å²) in [6, 6.07) is 0. The van der Waals surface area contributed by atoms with E-state index in [1.165, 1.54) is 32.1 Å². The molecule has 2 heterocycles. The lowest BCUT2D eigenvalue weighted by Crippen LogP contribution is -2.61. The first kappa shape index (κ1) is 15.3. The van der Waals surface area contributed by atoms with E-state index in [0.29, 0.717) is 17.9 Å². The Labute approximate surface area is 128 Å². The Kier molecular flexibility index (Phi) is 4.85. The number of methoxy groups -OCH3 is 1. The van der Waals surface area contributed by atoms with Crippen LogP contribution < -0.4 is 5.32 Å². The van der Waals surface area contributed by atoms with Gasteiger partial charge in [-0.15, -0.1) is 0 Å². The van der Waals surface area contributed by atoms with E-state index in [1.807, 2.05) is 0 Å². The van der Waals surface area contributed by atoms with Crippen LogP contribution in [0, 0.1) is 5.92 Å². The number of nitrogens with one attached hydrogen (secondary N) is 1. The van der Waals surface area contributed by atoms with Crippen molar-refractivity contribution in [2.75, 3.05) is 26.7 Å². The molecule has 4 nitrogen and oxygen atoms in total. The van der Waals surface area contributed by atoms with Gasteiger partial charge in [-0.05, 0) is 51.0 Å². The van der Waals surface area contributed by atoms with Crippen LogP contribution >= 0.6 is 0 Å². The normalized spacial score (nSPS) is 32.5. The van der Waals surface area contributed by atoms with E-state index in [4.69, 9.17) is 4.74 Å². The van der Waals surface area contributed by atoms with Crippen molar-refractivity contribution in [1.82, 2.24) is 10.2 Å². The average Bonchev–Trinajstić information content (AvgIpc) is 3.06. The lowest BCUT2D eigenvalue weighted by molar-refractivity contribution is -0.143. The van der Waals surface area contributed by atoms with Crippen molar-refractivity contribution < 1.29 is 9.53 Å². The van der Waals surface area contributed by atoms with Gasteiger partial charge in [-0.3, -0.25) is 4.79 Å². The van der Waals surface area contributed by atoms with E-state index in [-0.39, 0.29) is 5.54 Å². The molecule has 120 valence electrons. The lowest BCUT2D eigenvalue weighted by Gasteiger charge is -2.43. The zero-order chi connectivity index (χ0) is 14.7. The van der Waals surface area contributed by atoms with E-state index in [1.54, 1.807) is 7.11 Å². The second-order valence-electron chi connectivity index (χ2n) is 7.06. The quantitative estimate of drug-likeness (QED) is 0.868. The number of amides is 1. The van der Waals surface area contributed by atoms with Crippen molar-refractivity contribution in [3.05, 3.63) is 0 Å². The molecule has 0 radical (unpaired) electrons. The highest BCUT2D eigenvalue weighted by molar-refractivity contribution is 5.87. The summed E-state index contributed by atoms with van der Waals surface area (Å²) in [6.45, 7) is 2.75. The summed E-state index contributed by atoms with van der Waals surface area (Å²) in [5.74, 6) is 0.947. The van der Waals surface area contributed by atoms with E-state index < -0.39 is 0 Å². The molecule has 2 saturated heterocycles. The summed E-state index contributed by atoms with van der Waals surface area (Å²) < 4.78 is 5.43. The van der Waals surface area contributed by atoms with Crippen molar-refractivity contribution >= 4 is 5.91 Å². The number of hydrogen-bond donors (Lipinski definition) is 1. The molecule has 0 aromatic heterocycles. The van der Waals surface area contributed by atoms with Crippen LogP contribution in [0.1, 0.15) is 57.8 Å². The Morgan fingerprint density at radius 2 is 1.81 bits per heavy atom. The lowest BCUT2D eigenvalue weighted by atomic mass is 9.73. The fourth-order valence-electron chi connectivity index (χ4n) is 4.64. The predicted molar refractivity (Wildman–Crippen MR) is 83.2 cm³/mol. The van der Waals surface area contributed by atoms with Gasteiger partial charge in [0.25, 0.3) is 0 Å². The number of carbonyl (C=O) groups is 1. The molecule has 1 atom stereocenters. The Hall–Kier alpha value is -0.610. The maximum atomic E-state index is 13.2. The topological polar surface area (TPSA) is 41.6 Å². The van der Waals surface area contributed by atoms with Gasteiger partial charge in [-0.25, -0.2) is 0 Å². The Bertz CT molecular complexity index is 352. The third-order valence-electron chi connectivity index (χ3n) is 5.93. The predicted octanol–water partition coefficient (Wildman–Crippen LogP) is 2.33. The largest absolute Gasteiger partial charge is 0.381 e. The Balaban J connectivity index is 1.70. The van der Waals surface area contributed by atoms with Crippen molar-refractivity contribution in [3.63, 3.8) is 0 Å². The maximum Gasteiger partial charge on any atom is 0.243 e. The van der Waals surface area contributed by atoms with E-state index in [9.17, 15) is 4.79 Å². The van der Waals surface area contributed by atoms with Gasteiger partial charge in [-0.1, -0.05) is 19.3 Å². The molecule has 0 bridgehead atoms. The van der Waals surface area contributed by atoms with Crippen LogP contribution in [0.15, 0.2) is 0 Å². The first-order valence-corrected chi connectivity index (χ1v) is 8.83. The van der Waals surface area contributed by atoms with E-state index >= 15 is 0 Å². The molecule has 21 heavy (non-hydrogen) atoms. The number of ether oxygens (including phenoxy) is 1. The average molecular weight is 294 g/mol. The number of nitrogens with zero attached hydrogens (tertiary/aromatic N) is 1. The molecule has 0 aromatic rings. The highest BCUT2D eigenvalue weighted by atomic mass is 16.5. The van der Waals surface area contributed by atoms with Gasteiger partial charge in [-0.2, -0.15) is 0 Å². The van der Waals surface area contributed by atoms with Crippen LogP contribution in [-0.4, -0.2) is 49.2 Å². The van der Waals surface area contributed by atoms with E-state index in [2.05, 4.69) is 10.2 Å². The first-order chi connectivity index (χ1) is 10.3. The molecule has 4 heteroatoms. The summed E-state index contributed by atoms with van der Waals surface area (Å²) in [7, 11) is 1.78. The fraction of sp³-hybridized carbons (Fsp3) is 0.941. The summed E-state index contributed by atoms with van der Waals surface area (Å²) in [5.41, 5.74) is -0.236. The molecular formula is C17H30N2O2. The summed E-state index contributed by atoms with van der Waals surface area (Å²) in [6.07, 6.45) is 10.9. The van der Waals surface area contributed by atoms with Crippen molar-refractivity contribution in [1.29, 1.82) is 0 Å². The van der Waals surface area contributed by atoms with Crippen molar-refractivity contribution in [2.24, 2.45) is 5.92 Å². The highest BCUT2D eigenvalue weighted by Crippen LogP contribution is 2.39. The zero-order valence-corrected chi connectivity index (χ0v) is 13.4. The van der Waals surface area contributed by atoms with Gasteiger partial charge in [0.1, 0.15) is 5.54 Å². The number of likely N-dealkylation sites (tertiary alicyclic amines) is 1. The van der Waals surface area contributed by atoms with Gasteiger partial charge in [0, 0.05) is 20.2 Å². The molecule has 0 aromatic carbocycles. The second-order valence-corrected chi connectivity index (χ2v) is 7.06. The third kappa shape index (κ3) is 2.98. The molecule has 1 unspecified atom stereocenters. The van der Waals surface area contributed by atoms with Crippen LogP contribution in [0.3, 0.4) is 0 Å². The fourth-order valence-corrected chi connectivity index (χ4v) is 4.64. The summed E-state index contributed by atoms with van der Waals surface area (Å²) in [4.78, 5) is 15.4. The molecular weight excluding hydrogens is 264 g/mol. The van der Waals surface area contributed by atoms with Crippen LogP contribution in [0.2, 0.25) is 0 Å². The van der Waals surface area contributed by atoms with Gasteiger partial charge < -0.3 is 15.0 Å². The minimum Gasteiger partial charge on any atom is -0.381 e. The molecule has 3 rings (SSSR count). The second kappa shape index (κ2) is 6.66. The standard InChI is InChI=1S/C17H30N2O2/c1-21-15-8-12-19(13-9-15)16(20)17(10-5-11-18-17)14-6-3-2-4-7-14/h14-15,18H,2-13H2,1H3. The third-order valence-corrected chi connectivity index (χ3v) is 5.93. The van der Waals surface area contributed by atoms with E-state index in [0.717, 1.165) is 45.3 Å². The van der Waals surface area contributed by atoms with Crippen LogP contribution in [-0.2, 0) is 9.53 Å². The van der Waals surface area contributed by atoms with Crippen molar-refractivity contribution in [2.45, 2.75) is 69.4 Å². The molecule has 0 spiro atoms. The highest BCUT2D eigenvalue weighted by Gasteiger charge is 2.49. The van der Waals surface area contributed by atoms with Crippen LogP contribution in [0.4, 0.5) is 0 Å². The monoisotopic (exact) mass is 294 g/mol. The molecule has 1 N–H and O–H groups in total. The molecule has 1 amide bonds. The van der Waals surface area contributed by atoms with Crippen molar-refractivity contribution in [3.8, 4) is 0 Å². The van der Waals surface area contributed by atoms with Gasteiger partial charge in [0.2, 0.25) is 5.91 Å². The van der Waals surface area contributed by atoms with Gasteiger partial charge in [0.15, 0.2) is 0 Å². The maximum absolute atomic E-state index is 13.2. The zero-order valence-electron chi connectivity index (χ0n) is 13.4. The van der Waals surface area contributed by atoms with Crippen LogP contribution in [0.5, 0.6) is 0 Å². The Morgan fingerprint density at radius 1 is 1.10 bits per heavy atom. The molecule has 2 aliphatic heterocycles. The Morgan fingerprint density at radius 3 is 2.38 bits per heavy atom. The first-order valence-electron chi connectivity index (χ1n) is 8.83. The number of carbonyl (C=O) groups excluding carboxylic acids is 1. The minimum atomic E-state index is -0.236. The summed E-state index contributed by atoms with van der Waals surface area (Å²) >= 11 is 0. The molecule has 1 aliphatic carbocycles. The number of piperidine rings is 1. The van der Waals surface area contributed by atoms with Crippen LogP contribution in [0.25, 0.3) is 0 Å². The molecule has 1 saturated carbocycles. The van der Waals surface area contributed by atoms with Gasteiger partial charge in [0.05, 0.1) is 6.10 Å². The number of rotatable bonds is 3. The minimum absolute atomic E-state index is 0.236. The SMILES string of the molecule is COC1CCN(C(=O)C2(C3CCCCC3)CCCN2)CC1. The molecule has 3 fully saturated rings. The summed E-state index contributed by atoms with van der Waals surface area (Å²) in [5, 5.41) is 3.64.